The van der Waals surface area contributed by atoms with E-state index < -0.39 is 5.76 Å². The third kappa shape index (κ3) is 7.12. The minimum atomic E-state index is -2.44. The fourth-order valence-electron chi connectivity index (χ4n) is 1.38. The molecule has 0 radical (unpaired) electrons. The summed E-state index contributed by atoms with van der Waals surface area (Å²) in [6.07, 6.45) is 0.912. The summed E-state index contributed by atoms with van der Waals surface area (Å²) in [6.45, 7) is 3.72. The number of amides is 1. The Morgan fingerprint density at radius 2 is 1.95 bits per heavy atom. The van der Waals surface area contributed by atoms with Crippen LogP contribution in [0.1, 0.15) is 26.7 Å². The predicted octanol–water partition coefficient (Wildman–Crippen LogP) is 3.46. The average Bonchev–Trinajstić information content (AvgIpc) is 2.28. The molecule has 1 aromatic carbocycles. The third-order valence-corrected chi connectivity index (χ3v) is 3.08. The van der Waals surface area contributed by atoms with E-state index in [-0.39, 0.29) is 11.4 Å². The maximum Gasteiger partial charge on any atom is 0.288 e. The molecular formula is C13H18F2N2OS. The Labute approximate surface area is 115 Å². The summed E-state index contributed by atoms with van der Waals surface area (Å²) >= 11 is 0.477. The number of nitrogens with one attached hydrogen (secondary N) is 1. The molecule has 3 nitrogen and oxygen atoms in total. The molecule has 0 bridgehead atoms. The van der Waals surface area contributed by atoms with Gasteiger partial charge in [-0.25, -0.2) is 0 Å². The molecule has 0 saturated heterocycles. The molecule has 19 heavy (non-hydrogen) atoms. The molecule has 0 aromatic heterocycles. The maximum absolute atomic E-state index is 12.1. The van der Waals surface area contributed by atoms with Gasteiger partial charge >= 0.3 is 0 Å². The van der Waals surface area contributed by atoms with Crippen LogP contribution in [0.3, 0.4) is 0 Å². The second-order valence-corrected chi connectivity index (χ2v) is 6.00. The van der Waals surface area contributed by atoms with Gasteiger partial charge in [-0.1, -0.05) is 11.8 Å². The lowest BCUT2D eigenvalue weighted by Crippen LogP contribution is -2.33. The summed E-state index contributed by atoms with van der Waals surface area (Å²) in [5.74, 6) is -2.57. The van der Waals surface area contributed by atoms with Crippen molar-refractivity contribution in [2.24, 2.45) is 5.73 Å². The van der Waals surface area contributed by atoms with E-state index in [0.29, 0.717) is 35.2 Å². The Morgan fingerprint density at radius 1 is 1.37 bits per heavy atom. The monoisotopic (exact) mass is 288 g/mol. The molecule has 0 spiro atoms. The number of anilines is 1. The van der Waals surface area contributed by atoms with E-state index in [1.165, 1.54) is 0 Å². The van der Waals surface area contributed by atoms with Gasteiger partial charge in [0.1, 0.15) is 0 Å². The Kier molecular flexibility index (Phi) is 5.75. The Hall–Kier alpha value is -1.14. The molecule has 0 aliphatic carbocycles. The molecule has 1 rings (SSSR count). The van der Waals surface area contributed by atoms with Crippen LogP contribution in [0.15, 0.2) is 29.2 Å². The van der Waals surface area contributed by atoms with E-state index in [1.807, 2.05) is 13.8 Å². The molecule has 0 fully saturated rings. The van der Waals surface area contributed by atoms with Gasteiger partial charge in [-0.15, -0.1) is 0 Å². The van der Waals surface area contributed by atoms with Crippen LogP contribution < -0.4 is 11.1 Å². The highest BCUT2D eigenvalue weighted by atomic mass is 32.2. The molecule has 0 saturated carbocycles. The van der Waals surface area contributed by atoms with Gasteiger partial charge in [-0.2, -0.15) is 8.78 Å². The van der Waals surface area contributed by atoms with Crippen molar-refractivity contribution in [3.8, 4) is 0 Å². The molecule has 6 heteroatoms. The van der Waals surface area contributed by atoms with Crippen molar-refractivity contribution in [2.75, 3.05) is 5.32 Å². The second-order valence-electron chi connectivity index (χ2n) is 4.94. The van der Waals surface area contributed by atoms with Crippen LogP contribution >= 0.6 is 11.8 Å². The van der Waals surface area contributed by atoms with Crippen LogP contribution in [0.5, 0.6) is 0 Å². The first kappa shape index (κ1) is 15.9. The average molecular weight is 288 g/mol. The third-order valence-electron chi connectivity index (χ3n) is 2.36. The number of halogens is 2. The van der Waals surface area contributed by atoms with E-state index in [1.54, 1.807) is 24.3 Å². The van der Waals surface area contributed by atoms with Gasteiger partial charge in [-0.3, -0.25) is 4.79 Å². The fourth-order valence-corrected chi connectivity index (χ4v) is 1.88. The Balaban J connectivity index is 2.47. The van der Waals surface area contributed by atoms with Crippen molar-refractivity contribution in [3.63, 3.8) is 0 Å². The zero-order chi connectivity index (χ0) is 14.5. The largest absolute Gasteiger partial charge is 0.326 e. The zero-order valence-corrected chi connectivity index (χ0v) is 11.8. The van der Waals surface area contributed by atoms with E-state index in [4.69, 9.17) is 5.73 Å². The summed E-state index contributed by atoms with van der Waals surface area (Å²) in [7, 11) is 0. The van der Waals surface area contributed by atoms with Gasteiger partial charge in [0.05, 0.1) is 0 Å². The van der Waals surface area contributed by atoms with Crippen molar-refractivity contribution in [1.82, 2.24) is 0 Å². The number of thioether (sulfide) groups is 1. The number of rotatable bonds is 6. The van der Waals surface area contributed by atoms with Crippen molar-refractivity contribution in [3.05, 3.63) is 24.3 Å². The lowest BCUT2D eigenvalue weighted by Gasteiger charge is -2.17. The van der Waals surface area contributed by atoms with Crippen LogP contribution in [0.25, 0.3) is 0 Å². The fraction of sp³-hybridized carbons (Fsp3) is 0.462. The van der Waals surface area contributed by atoms with Crippen LogP contribution in [-0.2, 0) is 4.79 Å². The molecule has 106 valence electrons. The highest BCUT2D eigenvalue weighted by Gasteiger charge is 2.13. The van der Waals surface area contributed by atoms with E-state index in [2.05, 4.69) is 5.32 Å². The molecule has 0 heterocycles. The number of hydrogen-bond donors (Lipinski definition) is 2. The van der Waals surface area contributed by atoms with E-state index in [9.17, 15) is 13.6 Å². The molecule has 0 aliphatic rings. The normalized spacial score (nSPS) is 11.7. The lowest BCUT2D eigenvalue weighted by molar-refractivity contribution is -0.116. The Morgan fingerprint density at radius 3 is 2.42 bits per heavy atom. The summed E-state index contributed by atoms with van der Waals surface area (Å²) in [4.78, 5) is 12.1. The lowest BCUT2D eigenvalue weighted by atomic mass is 10.00. The van der Waals surface area contributed by atoms with Gasteiger partial charge in [0.25, 0.3) is 5.76 Å². The quantitative estimate of drug-likeness (QED) is 0.788. The van der Waals surface area contributed by atoms with Crippen LogP contribution in [0.4, 0.5) is 14.5 Å². The van der Waals surface area contributed by atoms with Crippen molar-refractivity contribution in [1.29, 1.82) is 0 Å². The summed E-state index contributed by atoms with van der Waals surface area (Å²) in [5, 5.41) is 2.70. The van der Waals surface area contributed by atoms with Crippen molar-refractivity contribution >= 4 is 23.4 Å². The highest BCUT2D eigenvalue weighted by molar-refractivity contribution is 7.99. The molecule has 3 N–H and O–H groups in total. The number of carbonyl (C=O) groups excluding carboxylic acids is 1. The standard InChI is InChI=1S/C13H18F2N2OS/c1-13(2,16)8-7-11(18)17-9-3-5-10(6-4-9)19-12(14)15/h3-6,12H,7-8,16H2,1-2H3,(H,17,18). The number of hydrogen-bond acceptors (Lipinski definition) is 3. The molecule has 0 aliphatic heterocycles. The number of nitrogens with two attached hydrogens (primary N) is 1. The summed E-state index contributed by atoms with van der Waals surface area (Å²) in [6, 6.07) is 6.32. The SMILES string of the molecule is CC(C)(N)CCC(=O)Nc1ccc(SC(F)F)cc1. The minimum Gasteiger partial charge on any atom is -0.326 e. The number of carbonyl (C=O) groups is 1. The van der Waals surface area contributed by atoms with Gasteiger partial charge in [0, 0.05) is 22.5 Å². The summed E-state index contributed by atoms with van der Waals surface area (Å²) in [5.41, 5.74) is 6.01. The van der Waals surface area contributed by atoms with E-state index in [0.717, 1.165) is 0 Å². The van der Waals surface area contributed by atoms with Gasteiger partial charge in [0.15, 0.2) is 0 Å². The van der Waals surface area contributed by atoms with Gasteiger partial charge in [0.2, 0.25) is 5.91 Å². The minimum absolute atomic E-state index is 0.132. The van der Waals surface area contributed by atoms with Crippen LogP contribution in [0, 0.1) is 0 Å². The first-order chi connectivity index (χ1) is 8.76. The highest BCUT2D eigenvalue weighted by Crippen LogP contribution is 2.26. The predicted molar refractivity (Wildman–Crippen MR) is 74.4 cm³/mol. The van der Waals surface area contributed by atoms with Crippen molar-refractivity contribution in [2.45, 2.75) is 42.9 Å². The smallest absolute Gasteiger partial charge is 0.288 e. The topological polar surface area (TPSA) is 55.1 Å². The number of benzene rings is 1. The van der Waals surface area contributed by atoms with Gasteiger partial charge < -0.3 is 11.1 Å². The van der Waals surface area contributed by atoms with Gasteiger partial charge in [-0.05, 0) is 44.5 Å². The van der Waals surface area contributed by atoms with Crippen LogP contribution in [0.2, 0.25) is 0 Å². The first-order valence-electron chi connectivity index (χ1n) is 5.90. The molecule has 0 atom stereocenters. The maximum atomic E-state index is 12.1. The second kappa shape index (κ2) is 6.86. The summed E-state index contributed by atoms with van der Waals surface area (Å²) < 4.78 is 24.2. The molecular weight excluding hydrogens is 270 g/mol. The Bertz CT molecular complexity index is 416. The zero-order valence-electron chi connectivity index (χ0n) is 11.0. The number of alkyl halides is 2. The molecule has 1 aromatic rings. The first-order valence-corrected chi connectivity index (χ1v) is 6.78. The molecule has 0 unspecified atom stereocenters. The van der Waals surface area contributed by atoms with Crippen molar-refractivity contribution < 1.29 is 13.6 Å². The van der Waals surface area contributed by atoms with E-state index >= 15 is 0 Å². The van der Waals surface area contributed by atoms with Crippen LogP contribution in [-0.4, -0.2) is 17.2 Å². The molecule has 1 amide bonds.